The first-order chi connectivity index (χ1) is 8.72. The van der Waals surface area contributed by atoms with E-state index < -0.39 is 0 Å². The molecule has 0 saturated carbocycles. The quantitative estimate of drug-likeness (QED) is 0.719. The van der Waals surface area contributed by atoms with Gasteiger partial charge in [-0.2, -0.15) is 4.98 Å². The molecule has 0 aliphatic carbocycles. The molecule has 1 N–H and O–H groups in total. The number of H-pyrrole nitrogens is 1. The zero-order valence-electron chi connectivity index (χ0n) is 9.51. The minimum absolute atomic E-state index is 0.149. The van der Waals surface area contributed by atoms with Crippen LogP contribution < -0.4 is 4.74 Å². The second kappa shape index (κ2) is 4.27. The Morgan fingerprint density at radius 3 is 2.83 bits per heavy atom. The van der Waals surface area contributed by atoms with Crippen molar-refractivity contribution in [2.24, 2.45) is 0 Å². The van der Waals surface area contributed by atoms with Crippen LogP contribution in [0.5, 0.6) is 11.8 Å². The maximum atomic E-state index is 5.86. The maximum absolute atomic E-state index is 5.86. The molecule has 0 aliphatic rings. The lowest BCUT2D eigenvalue weighted by Gasteiger charge is -2.05. The van der Waals surface area contributed by atoms with Crippen molar-refractivity contribution in [3.8, 4) is 11.8 Å². The fraction of sp³-hybridized carbons (Fsp3) is 0.0833. The Hall–Kier alpha value is -2.14. The van der Waals surface area contributed by atoms with E-state index in [1.54, 1.807) is 6.07 Å². The van der Waals surface area contributed by atoms with E-state index in [-0.39, 0.29) is 5.28 Å². The molecule has 2 heterocycles. The van der Waals surface area contributed by atoms with Crippen molar-refractivity contribution in [1.29, 1.82) is 0 Å². The zero-order valence-corrected chi connectivity index (χ0v) is 10.3. The Kier molecular flexibility index (Phi) is 2.60. The second-order valence-corrected chi connectivity index (χ2v) is 4.14. The first kappa shape index (κ1) is 11.0. The molecule has 1 aromatic carbocycles. The van der Waals surface area contributed by atoms with Gasteiger partial charge in [-0.25, -0.2) is 4.98 Å². The highest BCUT2D eigenvalue weighted by Gasteiger charge is 2.09. The molecule has 18 heavy (non-hydrogen) atoms. The van der Waals surface area contributed by atoms with Crippen molar-refractivity contribution in [3.05, 3.63) is 41.3 Å². The van der Waals surface area contributed by atoms with Gasteiger partial charge in [-0.1, -0.05) is 12.1 Å². The van der Waals surface area contributed by atoms with Crippen LogP contribution in [0.2, 0.25) is 5.28 Å². The number of nitrogens with zero attached hydrogens (tertiary/aromatic N) is 3. The highest BCUT2D eigenvalue weighted by atomic mass is 35.5. The minimum atomic E-state index is 0.149. The summed E-state index contributed by atoms with van der Waals surface area (Å²) in [4.78, 5) is 8.21. The van der Waals surface area contributed by atoms with Gasteiger partial charge < -0.3 is 4.74 Å². The summed E-state index contributed by atoms with van der Waals surface area (Å²) in [5, 5.41) is 7.74. The lowest BCUT2D eigenvalue weighted by atomic mass is 10.2. The SMILES string of the molecule is Cc1cc(Oc2nc(Cl)nc3ccccc23)n[nH]1. The number of rotatable bonds is 2. The molecule has 0 atom stereocenters. The van der Waals surface area contributed by atoms with Crippen LogP contribution in [0, 0.1) is 6.92 Å². The monoisotopic (exact) mass is 260 g/mol. The van der Waals surface area contributed by atoms with Crippen molar-refractivity contribution in [2.75, 3.05) is 0 Å². The zero-order chi connectivity index (χ0) is 12.5. The third kappa shape index (κ3) is 2.00. The molecule has 2 aromatic heterocycles. The third-order valence-electron chi connectivity index (χ3n) is 2.42. The number of hydrogen-bond donors (Lipinski definition) is 1. The molecule has 6 heteroatoms. The highest BCUT2D eigenvalue weighted by molar-refractivity contribution is 6.28. The van der Waals surface area contributed by atoms with E-state index in [1.165, 1.54) is 0 Å². The molecule has 0 radical (unpaired) electrons. The number of benzene rings is 1. The summed E-state index contributed by atoms with van der Waals surface area (Å²) < 4.78 is 5.62. The number of aromatic amines is 1. The summed E-state index contributed by atoms with van der Waals surface area (Å²) in [6.07, 6.45) is 0. The van der Waals surface area contributed by atoms with Gasteiger partial charge >= 0.3 is 0 Å². The molecule has 0 bridgehead atoms. The number of aryl methyl sites for hydroxylation is 1. The van der Waals surface area contributed by atoms with Gasteiger partial charge in [0.05, 0.1) is 10.9 Å². The summed E-state index contributed by atoms with van der Waals surface area (Å²) >= 11 is 5.86. The topological polar surface area (TPSA) is 63.7 Å². The van der Waals surface area contributed by atoms with E-state index in [9.17, 15) is 0 Å². The average Bonchev–Trinajstić information content (AvgIpc) is 2.74. The van der Waals surface area contributed by atoms with Crippen LogP contribution in [-0.2, 0) is 0 Å². The van der Waals surface area contributed by atoms with Crippen molar-refractivity contribution < 1.29 is 4.74 Å². The molecule has 90 valence electrons. The Balaban J connectivity index is 2.10. The Bertz CT molecular complexity index is 710. The normalized spacial score (nSPS) is 10.8. The number of ether oxygens (including phenoxy) is 1. The van der Waals surface area contributed by atoms with Crippen molar-refractivity contribution in [1.82, 2.24) is 20.2 Å². The Morgan fingerprint density at radius 2 is 2.06 bits per heavy atom. The van der Waals surface area contributed by atoms with Crippen molar-refractivity contribution >= 4 is 22.5 Å². The number of nitrogens with one attached hydrogen (secondary N) is 1. The van der Waals surface area contributed by atoms with Crippen LogP contribution in [-0.4, -0.2) is 20.2 Å². The molecule has 5 nitrogen and oxygen atoms in total. The molecule has 0 spiro atoms. The van der Waals surface area contributed by atoms with E-state index in [4.69, 9.17) is 16.3 Å². The van der Waals surface area contributed by atoms with Gasteiger partial charge in [-0.05, 0) is 30.7 Å². The van der Waals surface area contributed by atoms with Crippen molar-refractivity contribution in [3.63, 3.8) is 0 Å². The fourth-order valence-corrected chi connectivity index (χ4v) is 1.81. The first-order valence-electron chi connectivity index (χ1n) is 5.34. The average molecular weight is 261 g/mol. The summed E-state index contributed by atoms with van der Waals surface area (Å²) in [5.41, 5.74) is 1.65. The predicted molar refractivity (Wildman–Crippen MR) is 67.9 cm³/mol. The molecule has 3 aromatic rings. The first-order valence-corrected chi connectivity index (χ1v) is 5.72. The molecule has 0 unspecified atom stereocenters. The second-order valence-electron chi connectivity index (χ2n) is 3.81. The predicted octanol–water partition coefficient (Wildman–Crippen LogP) is 3.11. The lowest BCUT2D eigenvalue weighted by Crippen LogP contribution is -1.93. The van der Waals surface area contributed by atoms with E-state index in [0.29, 0.717) is 11.8 Å². The van der Waals surface area contributed by atoms with E-state index in [2.05, 4.69) is 20.2 Å². The summed E-state index contributed by atoms with van der Waals surface area (Å²) in [7, 11) is 0. The van der Waals surface area contributed by atoms with E-state index >= 15 is 0 Å². The van der Waals surface area contributed by atoms with E-state index in [1.807, 2.05) is 31.2 Å². The van der Waals surface area contributed by atoms with Crippen LogP contribution in [0.4, 0.5) is 0 Å². The van der Waals surface area contributed by atoms with Gasteiger partial charge in [0.2, 0.25) is 17.0 Å². The van der Waals surface area contributed by atoms with Crippen LogP contribution in [0.3, 0.4) is 0 Å². The smallest absolute Gasteiger partial charge is 0.240 e. The number of hydrogen-bond acceptors (Lipinski definition) is 4. The van der Waals surface area contributed by atoms with Crippen LogP contribution in [0.1, 0.15) is 5.69 Å². The molecular formula is C12H9ClN4O. The van der Waals surface area contributed by atoms with Gasteiger partial charge in [0.25, 0.3) is 0 Å². The largest absolute Gasteiger partial charge is 0.418 e. The molecule has 0 fully saturated rings. The number of para-hydroxylation sites is 1. The standard InChI is InChI=1S/C12H9ClN4O/c1-7-6-10(17-16-7)18-11-8-4-2-3-5-9(8)14-12(13)15-11/h2-6H,1H3,(H,16,17). The number of fused-ring (bicyclic) bond motifs is 1. The molecule has 0 saturated heterocycles. The van der Waals surface area contributed by atoms with E-state index in [0.717, 1.165) is 16.6 Å². The molecule has 0 aliphatic heterocycles. The Morgan fingerprint density at radius 1 is 1.22 bits per heavy atom. The highest BCUT2D eigenvalue weighted by Crippen LogP contribution is 2.27. The third-order valence-corrected chi connectivity index (χ3v) is 2.59. The lowest BCUT2D eigenvalue weighted by molar-refractivity contribution is 0.448. The molecule has 0 amide bonds. The van der Waals surface area contributed by atoms with Crippen LogP contribution >= 0.6 is 11.6 Å². The summed E-state index contributed by atoms with van der Waals surface area (Å²) in [6.45, 7) is 1.89. The van der Waals surface area contributed by atoms with Gasteiger partial charge in [-0.15, -0.1) is 5.10 Å². The van der Waals surface area contributed by atoms with Crippen molar-refractivity contribution in [2.45, 2.75) is 6.92 Å². The van der Waals surface area contributed by atoms with Crippen LogP contribution in [0.25, 0.3) is 10.9 Å². The maximum Gasteiger partial charge on any atom is 0.240 e. The number of aromatic nitrogens is 4. The van der Waals surface area contributed by atoms with Crippen LogP contribution in [0.15, 0.2) is 30.3 Å². The minimum Gasteiger partial charge on any atom is -0.418 e. The van der Waals surface area contributed by atoms with Gasteiger partial charge in [0.15, 0.2) is 0 Å². The fourth-order valence-electron chi connectivity index (χ4n) is 1.64. The molecule has 3 rings (SSSR count). The Labute approximate surface area is 108 Å². The summed E-state index contributed by atoms with van der Waals surface area (Å²) in [5.74, 6) is 0.851. The molecular weight excluding hydrogens is 252 g/mol. The van der Waals surface area contributed by atoms with Gasteiger partial charge in [0, 0.05) is 11.8 Å². The van der Waals surface area contributed by atoms with Gasteiger partial charge in [-0.3, -0.25) is 5.10 Å². The van der Waals surface area contributed by atoms with Gasteiger partial charge in [0.1, 0.15) is 0 Å². The summed E-state index contributed by atoms with van der Waals surface area (Å²) in [6, 6.07) is 9.28. The number of halogens is 1.